The van der Waals surface area contributed by atoms with Gasteiger partial charge in [0, 0.05) is 13.0 Å². The predicted molar refractivity (Wildman–Crippen MR) is 30.3 cm³/mol. The van der Waals surface area contributed by atoms with Crippen molar-refractivity contribution in [3.05, 3.63) is 0 Å². The van der Waals surface area contributed by atoms with Gasteiger partial charge < -0.3 is 14.9 Å². The summed E-state index contributed by atoms with van der Waals surface area (Å²) >= 11 is 0. The van der Waals surface area contributed by atoms with Crippen LogP contribution in [0, 0.1) is 0 Å². The SMILES string of the molecule is CC(CCO)OC(=O)O. The highest BCUT2D eigenvalue weighted by Gasteiger charge is 2.04. The van der Waals surface area contributed by atoms with Crippen molar-refractivity contribution in [3.8, 4) is 0 Å². The second-order valence-electron chi connectivity index (χ2n) is 1.71. The van der Waals surface area contributed by atoms with Crippen LogP contribution in [0.4, 0.5) is 4.79 Å². The minimum absolute atomic E-state index is 0.0472. The minimum atomic E-state index is -1.30. The molecule has 0 heterocycles. The van der Waals surface area contributed by atoms with Gasteiger partial charge in [-0.3, -0.25) is 0 Å². The molecule has 0 spiro atoms. The first-order valence-electron chi connectivity index (χ1n) is 2.67. The zero-order valence-corrected chi connectivity index (χ0v) is 5.20. The van der Waals surface area contributed by atoms with Crippen LogP contribution in [0.2, 0.25) is 0 Å². The van der Waals surface area contributed by atoms with Crippen molar-refractivity contribution in [1.29, 1.82) is 0 Å². The first kappa shape index (κ1) is 8.23. The monoisotopic (exact) mass is 134 g/mol. The van der Waals surface area contributed by atoms with Gasteiger partial charge in [-0.1, -0.05) is 0 Å². The van der Waals surface area contributed by atoms with E-state index in [9.17, 15) is 4.79 Å². The van der Waals surface area contributed by atoms with Crippen molar-refractivity contribution in [2.45, 2.75) is 19.4 Å². The number of aliphatic hydroxyl groups excluding tert-OH is 1. The van der Waals surface area contributed by atoms with Gasteiger partial charge in [-0.2, -0.15) is 0 Å². The molecule has 0 aliphatic heterocycles. The zero-order chi connectivity index (χ0) is 7.28. The summed E-state index contributed by atoms with van der Waals surface area (Å²) in [6.07, 6.45) is -1.35. The number of hydrogen-bond donors (Lipinski definition) is 2. The van der Waals surface area contributed by atoms with Gasteiger partial charge in [-0.25, -0.2) is 4.79 Å². The molecule has 0 bridgehead atoms. The lowest BCUT2D eigenvalue weighted by Crippen LogP contribution is -2.13. The number of rotatable bonds is 3. The molecule has 0 aliphatic carbocycles. The Bertz CT molecular complexity index is 91.0. The normalized spacial score (nSPS) is 12.7. The van der Waals surface area contributed by atoms with Gasteiger partial charge in [0.2, 0.25) is 0 Å². The largest absolute Gasteiger partial charge is 0.506 e. The van der Waals surface area contributed by atoms with E-state index in [1.807, 2.05) is 0 Å². The Morgan fingerprint density at radius 2 is 2.33 bits per heavy atom. The van der Waals surface area contributed by atoms with Gasteiger partial charge in [0.25, 0.3) is 0 Å². The van der Waals surface area contributed by atoms with Crippen LogP contribution >= 0.6 is 0 Å². The van der Waals surface area contributed by atoms with Crippen molar-refractivity contribution >= 4 is 6.16 Å². The fraction of sp³-hybridized carbons (Fsp3) is 0.800. The zero-order valence-electron chi connectivity index (χ0n) is 5.20. The van der Waals surface area contributed by atoms with Crippen LogP contribution in [0.5, 0.6) is 0 Å². The molecule has 2 N–H and O–H groups in total. The summed E-state index contributed by atoms with van der Waals surface area (Å²) in [5.74, 6) is 0. The molecule has 54 valence electrons. The highest BCUT2D eigenvalue weighted by molar-refractivity contribution is 5.56. The third-order valence-corrected chi connectivity index (χ3v) is 0.838. The van der Waals surface area contributed by atoms with Crippen molar-refractivity contribution in [2.75, 3.05) is 6.61 Å². The lowest BCUT2D eigenvalue weighted by atomic mass is 10.3. The highest BCUT2D eigenvalue weighted by atomic mass is 16.7. The Morgan fingerprint density at radius 1 is 1.78 bits per heavy atom. The molecule has 0 aromatic rings. The Hall–Kier alpha value is -0.770. The Kier molecular flexibility index (Phi) is 3.79. The molecule has 4 nitrogen and oxygen atoms in total. The average molecular weight is 134 g/mol. The lowest BCUT2D eigenvalue weighted by molar-refractivity contribution is 0.0487. The molecule has 1 atom stereocenters. The first-order valence-corrected chi connectivity index (χ1v) is 2.67. The summed E-state index contributed by atoms with van der Waals surface area (Å²) < 4.78 is 4.25. The van der Waals surface area contributed by atoms with Crippen LogP contribution in [0.3, 0.4) is 0 Å². The fourth-order valence-electron chi connectivity index (χ4n) is 0.413. The summed E-state index contributed by atoms with van der Waals surface area (Å²) in [5.41, 5.74) is 0. The Balaban J connectivity index is 3.26. The molecule has 0 saturated carbocycles. The molecule has 0 aromatic heterocycles. The summed E-state index contributed by atoms with van der Waals surface area (Å²) in [6, 6.07) is 0. The van der Waals surface area contributed by atoms with Crippen LogP contribution in [0.15, 0.2) is 0 Å². The number of carbonyl (C=O) groups is 1. The molecule has 0 aliphatic rings. The van der Waals surface area contributed by atoms with Crippen LogP contribution in [0.1, 0.15) is 13.3 Å². The van der Waals surface area contributed by atoms with E-state index >= 15 is 0 Å². The molecular formula is C5H10O4. The molecule has 0 saturated heterocycles. The molecule has 0 aromatic carbocycles. The maximum Gasteiger partial charge on any atom is 0.506 e. The maximum atomic E-state index is 9.78. The van der Waals surface area contributed by atoms with E-state index in [0.29, 0.717) is 6.42 Å². The smallest absolute Gasteiger partial charge is 0.450 e. The number of hydrogen-bond acceptors (Lipinski definition) is 3. The van der Waals surface area contributed by atoms with E-state index in [-0.39, 0.29) is 6.61 Å². The Morgan fingerprint density at radius 3 is 2.67 bits per heavy atom. The average Bonchev–Trinajstić information content (AvgIpc) is 1.63. The maximum absolute atomic E-state index is 9.78. The molecule has 1 unspecified atom stereocenters. The van der Waals surface area contributed by atoms with Crippen LogP contribution in [-0.4, -0.2) is 29.1 Å². The topological polar surface area (TPSA) is 66.8 Å². The standard InChI is InChI=1S/C5H10O4/c1-4(2-3-6)9-5(7)8/h4,6H,2-3H2,1H3,(H,7,8). The van der Waals surface area contributed by atoms with Gasteiger partial charge >= 0.3 is 6.16 Å². The van der Waals surface area contributed by atoms with E-state index in [2.05, 4.69) is 4.74 Å². The summed E-state index contributed by atoms with van der Waals surface area (Å²) in [7, 11) is 0. The Labute approximate surface area is 53.1 Å². The summed E-state index contributed by atoms with van der Waals surface area (Å²) in [5, 5.41) is 16.3. The molecule has 4 heteroatoms. The van der Waals surface area contributed by atoms with Gasteiger partial charge in [0.05, 0.1) is 0 Å². The van der Waals surface area contributed by atoms with Crippen molar-refractivity contribution < 1.29 is 19.7 Å². The minimum Gasteiger partial charge on any atom is -0.450 e. The van der Waals surface area contributed by atoms with E-state index in [1.165, 1.54) is 0 Å². The lowest BCUT2D eigenvalue weighted by Gasteiger charge is -2.06. The molecule has 9 heavy (non-hydrogen) atoms. The molecule has 0 fully saturated rings. The number of carboxylic acid groups (broad SMARTS) is 1. The summed E-state index contributed by atoms with van der Waals surface area (Å²) in [4.78, 5) is 9.78. The van der Waals surface area contributed by atoms with E-state index in [4.69, 9.17) is 10.2 Å². The van der Waals surface area contributed by atoms with E-state index in [1.54, 1.807) is 6.92 Å². The number of ether oxygens (including phenoxy) is 1. The van der Waals surface area contributed by atoms with E-state index < -0.39 is 12.3 Å². The predicted octanol–water partition coefficient (Wildman–Crippen LogP) is 0.452. The van der Waals surface area contributed by atoms with Crippen molar-refractivity contribution in [2.24, 2.45) is 0 Å². The third-order valence-electron chi connectivity index (χ3n) is 0.838. The second kappa shape index (κ2) is 4.14. The molecule has 0 radical (unpaired) electrons. The van der Waals surface area contributed by atoms with Gasteiger partial charge in [-0.05, 0) is 6.92 Å². The summed E-state index contributed by atoms with van der Waals surface area (Å²) in [6.45, 7) is 1.54. The van der Waals surface area contributed by atoms with E-state index in [0.717, 1.165) is 0 Å². The molecular weight excluding hydrogens is 124 g/mol. The van der Waals surface area contributed by atoms with Crippen molar-refractivity contribution in [3.63, 3.8) is 0 Å². The quantitative estimate of drug-likeness (QED) is 0.550. The van der Waals surface area contributed by atoms with Gasteiger partial charge in [-0.15, -0.1) is 0 Å². The fourth-order valence-corrected chi connectivity index (χ4v) is 0.413. The molecule has 0 amide bonds. The highest BCUT2D eigenvalue weighted by Crippen LogP contribution is 1.95. The van der Waals surface area contributed by atoms with Crippen LogP contribution < -0.4 is 0 Å². The second-order valence-corrected chi connectivity index (χ2v) is 1.71. The molecule has 0 rings (SSSR count). The van der Waals surface area contributed by atoms with Crippen LogP contribution in [-0.2, 0) is 4.74 Å². The van der Waals surface area contributed by atoms with Gasteiger partial charge in [0.15, 0.2) is 0 Å². The third kappa shape index (κ3) is 5.10. The number of aliphatic hydroxyl groups is 1. The van der Waals surface area contributed by atoms with Gasteiger partial charge in [0.1, 0.15) is 6.10 Å². The van der Waals surface area contributed by atoms with Crippen LogP contribution in [0.25, 0.3) is 0 Å². The van der Waals surface area contributed by atoms with Crippen molar-refractivity contribution in [1.82, 2.24) is 0 Å². The first-order chi connectivity index (χ1) is 4.16.